The fraction of sp³-hybridized carbons (Fsp3) is 0.355. The van der Waals surface area contributed by atoms with Gasteiger partial charge in [-0.15, -0.1) is 0 Å². The molecule has 1 heterocycles. The number of nitrogens with one attached hydrogen (secondary N) is 1. The quantitative estimate of drug-likeness (QED) is 0.304. The summed E-state index contributed by atoms with van der Waals surface area (Å²) in [4.78, 5) is 23.6. The molecule has 3 aromatic rings. The van der Waals surface area contributed by atoms with Gasteiger partial charge in [-0.05, 0) is 66.5 Å². The summed E-state index contributed by atoms with van der Waals surface area (Å²) in [5.41, 5.74) is 4.11. The van der Waals surface area contributed by atoms with Gasteiger partial charge in [-0.1, -0.05) is 54.6 Å². The Bertz CT molecular complexity index is 1580. The molecular formula is C31H32F4N2O6S. The van der Waals surface area contributed by atoms with E-state index in [-0.39, 0.29) is 17.6 Å². The Balaban J connectivity index is 0.000000566. The average molecular weight is 637 g/mol. The van der Waals surface area contributed by atoms with Crippen LogP contribution >= 0.6 is 0 Å². The normalized spacial score (nSPS) is 17.2. The number of piperidine rings is 1. The van der Waals surface area contributed by atoms with Crippen LogP contribution < -0.4 is 9.46 Å². The molecule has 13 heteroatoms. The third-order valence-electron chi connectivity index (χ3n) is 7.11. The lowest BCUT2D eigenvalue weighted by atomic mass is 10.0. The molecule has 2 N–H and O–H groups in total. The highest BCUT2D eigenvalue weighted by molar-refractivity contribution is 7.89. The summed E-state index contributed by atoms with van der Waals surface area (Å²) in [6, 6.07) is 21.6. The van der Waals surface area contributed by atoms with Crippen molar-refractivity contribution in [1.82, 2.24) is 9.62 Å². The molecule has 0 bridgehead atoms. The summed E-state index contributed by atoms with van der Waals surface area (Å²) in [5, 5.41) is 7.12. The number of aliphatic carboxylic acids is 1. The van der Waals surface area contributed by atoms with Gasteiger partial charge in [0.1, 0.15) is 17.7 Å². The highest BCUT2D eigenvalue weighted by atomic mass is 32.2. The van der Waals surface area contributed by atoms with E-state index in [4.69, 9.17) is 14.6 Å². The molecule has 2 fully saturated rings. The first-order valence-electron chi connectivity index (χ1n) is 13.9. The van der Waals surface area contributed by atoms with Crippen LogP contribution in [0, 0.1) is 5.82 Å². The zero-order chi connectivity index (χ0) is 32.1. The summed E-state index contributed by atoms with van der Waals surface area (Å²) in [6.07, 6.45) is -0.594. The largest absolute Gasteiger partial charge is 0.490 e. The number of carboxylic acid groups (broad SMARTS) is 1. The maximum absolute atomic E-state index is 14.9. The van der Waals surface area contributed by atoms with E-state index < -0.39 is 33.9 Å². The van der Waals surface area contributed by atoms with Crippen LogP contribution in [0.3, 0.4) is 0 Å². The summed E-state index contributed by atoms with van der Waals surface area (Å²) in [6.45, 7) is 2.50. The van der Waals surface area contributed by atoms with Crippen LogP contribution in [-0.2, 0) is 21.4 Å². The minimum atomic E-state index is -5.08. The van der Waals surface area contributed by atoms with Crippen LogP contribution in [0.4, 0.5) is 17.6 Å². The Labute approximate surface area is 252 Å². The third-order valence-corrected chi connectivity index (χ3v) is 7.66. The number of hydrogen-bond acceptors (Lipinski definition) is 6. The van der Waals surface area contributed by atoms with Crippen molar-refractivity contribution in [2.24, 2.45) is 0 Å². The first-order chi connectivity index (χ1) is 20.7. The van der Waals surface area contributed by atoms with Gasteiger partial charge >= 0.3 is 12.1 Å². The highest BCUT2D eigenvalue weighted by Crippen LogP contribution is 2.45. The van der Waals surface area contributed by atoms with Crippen molar-refractivity contribution in [2.45, 2.75) is 50.4 Å². The number of halogens is 4. The van der Waals surface area contributed by atoms with Crippen LogP contribution in [0.5, 0.6) is 5.75 Å². The number of hydrogen-bond donors (Lipinski definition) is 2. The van der Waals surface area contributed by atoms with Gasteiger partial charge < -0.3 is 9.84 Å². The average Bonchev–Trinajstić information content (AvgIpc) is 3.79. The second-order valence-corrected chi connectivity index (χ2v) is 12.6. The number of carbonyl (C=O) groups excluding carboxylic acids is 1. The van der Waals surface area contributed by atoms with Crippen LogP contribution in [0.25, 0.3) is 11.1 Å². The van der Waals surface area contributed by atoms with E-state index in [2.05, 4.69) is 41.3 Å². The number of carbonyl (C=O) groups is 2. The number of likely N-dealkylation sites (tertiary alicyclic amines) is 1. The highest BCUT2D eigenvalue weighted by Gasteiger charge is 2.38. The Kier molecular flexibility index (Phi) is 10.3. The van der Waals surface area contributed by atoms with E-state index >= 15 is 0 Å². The van der Waals surface area contributed by atoms with Gasteiger partial charge in [0.25, 0.3) is 5.91 Å². The SMILES string of the molecule is CS(=O)(=O)NC(=O)c1cc(C2CC2)c(O[C@@H]2CCCN(Cc3ccc(-c4ccccc4)cc3)C2)cc1F.O=C(O)C(F)(F)F. The summed E-state index contributed by atoms with van der Waals surface area (Å²) >= 11 is 0. The van der Waals surface area contributed by atoms with Gasteiger partial charge in [-0.2, -0.15) is 13.2 Å². The second-order valence-electron chi connectivity index (χ2n) is 10.8. The van der Waals surface area contributed by atoms with E-state index in [1.807, 2.05) is 22.9 Å². The predicted molar refractivity (Wildman–Crippen MR) is 155 cm³/mol. The Morgan fingerprint density at radius 3 is 2.18 bits per heavy atom. The molecular weight excluding hydrogens is 604 g/mol. The number of sulfonamides is 1. The second kappa shape index (κ2) is 13.8. The monoisotopic (exact) mass is 636 g/mol. The molecule has 1 aliphatic heterocycles. The van der Waals surface area contributed by atoms with Crippen molar-refractivity contribution in [3.63, 3.8) is 0 Å². The van der Waals surface area contributed by atoms with Gasteiger partial charge in [0.2, 0.25) is 10.0 Å². The van der Waals surface area contributed by atoms with E-state index in [1.54, 1.807) is 0 Å². The first kappa shape index (κ1) is 32.9. The first-order valence-corrected chi connectivity index (χ1v) is 15.8. The van der Waals surface area contributed by atoms with Crippen molar-refractivity contribution in [3.8, 4) is 16.9 Å². The molecule has 44 heavy (non-hydrogen) atoms. The van der Waals surface area contributed by atoms with Crippen molar-refractivity contribution >= 4 is 21.9 Å². The smallest absolute Gasteiger partial charge is 0.489 e. The number of carboxylic acids is 1. The topological polar surface area (TPSA) is 113 Å². The maximum atomic E-state index is 14.9. The Morgan fingerprint density at radius 1 is 1.00 bits per heavy atom. The standard InChI is InChI=1S/C29H31FN2O4S.C2HF3O2/c1-37(34,35)31-29(33)26-16-25(23-13-14-23)28(17-27(26)30)36-24-8-5-15-32(19-24)18-20-9-11-22(12-10-20)21-6-3-2-4-7-21;3-2(4,5)1(6)7/h2-4,6-7,9-12,16-17,23-24H,5,8,13-15,18-19H2,1H3,(H,31,33);(H,6,7)/t24-;/m1./s1. The molecule has 1 atom stereocenters. The molecule has 0 radical (unpaired) electrons. The minimum Gasteiger partial charge on any atom is -0.489 e. The lowest BCUT2D eigenvalue weighted by molar-refractivity contribution is -0.192. The summed E-state index contributed by atoms with van der Waals surface area (Å²) in [5.74, 6) is -3.85. The molecule has 1 saturated carbocycles. The van der Waals surface area contributed by atoms with Crippen LogP contribution in [0.15, 0.2) is 66.7 Å². The minimum absolute atomic E-state index is 0.0926. The van der Waals surface area contributed by atoms with Crippen molar-refractivity contribution < 1.29 is 45.4 Å². The Hall–Kier alpha value is -3.97. The fourth-order valence-corrected chi connectivity index (χ4v) is 5.36. The van der Waals surface area contributed by atoms with E-state index in [9.17, 15) is 30.8 Å². The number of rotatable bonds is 8. The van der Waals surface area contributed by atoms with Gasteiger partial charge in [0, 0.05) is 19.2 Å². The number of alkyl halides is 3. The predicted octanol–water partition coefficient (Wildman–Crippen LogP) is 5.74. The fourth-order valence-electron chi connectivity index (χ4n) is 4.91. The molecule has 0 spiro atoms. The zero-order valence-corrected chi connectivity index (χ0v) is 24.6. The molecule has 5 rings (SSSR count). The number of amides is 1. The van der Waals surface area contributed by atoms with Crippen molar-refractivity contribution in [3.05, 3.63) is 89.2 Å². The lowest BCUT2D eigenvalue weighted by Crippen LogP contribution is -2.40. The summed E-state index contributed by atoms with van der Waals surface area (Å²) < 4.78 is 77.7. The van der Waals surface area contributed by atoms with Crippen molar-refractivity contribution in [2.75, 3.05) is 19.3 Å². The van der Waals surface area contributed by atoms with Crippen LogP contribution in [0.1, 0.15) is 53.1 Å². The Morgan fingerprint density at radius 2 is 1.61 bits per heavy atom. The molecule has 2 aliphatic rings. The molecule has 3 aromatic carbocycles. The van der Waals surface area contributed by atoms with Crippen LogP contribution in [0.2, 0.25) is 0 Å². The molecule has 1 saturated heterocycles. The van der Waals surface area contributed by atoms with Gasteiger partial charge in [0.05, 0.1) is 11.8 Å². The van der Waals surface area contributed by atoms with E-state index in [1.165, 1.54) is 28.8 Å². The molecule has 0 unspecified atom stereocenters. The van der Waals surface area contributed by atoms with Crippen LogP contribution in [-0.4, -0.2) is 61.9 Å². The number of nitrogens with zero attached hydrogens (tertiary/aromatic N) is 1. The maximum Gasteiger partial charge on any atom is 0.490 e. The zero-order valence-electron chi connectivity index (χ0n) is 23.8. The third kappa shape index (κ3) is 9.52. The van der Waals surface area contributed by atoms with Gasteiger partial charge in [-0.25, -0.2) is 22.3 Å². The van der Waals surface area contributed by atoms with Gasteiger partial charge in [0.15, 0.2) is 0 Å². The molecule has 236 valence electrons. The van der Waals surface area contributed by atoms with E-state index in [0.29, 0.717) is 5.75 Å². The molecule has 8 nitrogen and oxygen atoms in total. The lowest BCUT2D eigenvalue weighted by Gasteiger charge is -2.33. The molecule has 1 aliphatic carbocycles. The summed E-state index contributed by atoms with van der Waals surface area (Å²) in [7, 11) is -3.79. The molecule has 0 aromatic heterocycles. The number of benzene rings is 3. The van der Waals surface area contributed by atoms with Crippen molar-refractivity contribution in [1.29, 1.82) is 0 Å². The number of ether oxygens (including phenoxy) is 1. The van der Waals surface area contributed by atoms with E-state index in [0.717, 1.165) is 57.1 Å². The molecule has 1 amide bonds. The van der Waals surface area contributed by atoms with Gasteiger partial charge in [-0.3, -0.25) is 9.69 Å².